The summed E-state index contributed by atoms with van der Waals surface area (Å²) in [5.74, 6) is 0.758. The molecule has 1 atom stereocenters. The van der Waals surface area contributed by atoms with Crippen molar-refractivity contribution in [3.05, 3.63) is 36.9 Å². The van der Waals surface area contributed by atoms with Crippen LogP contribution in [-0.4, -0.2) is 30.7 Å². The van der Waals surface area contributed by atoms with Crippen molar-refractivity contribution in [3.8, 4) is 5.75 Å². The number of benzene rings is 1. The summed E-state index contributed by atoms with van der Waals surface area (Å²) < 4.78 is 5.07. The van der Waals surface area contributed by atoms with Crippen molar-refractivity contribution in [3.63, 3.8) is 0 Å². The van der Waals surface area contributed by atoms with Gasteiger partial charge in [-0.15, -0.1) is 0 Å². The highest BCUT2D eigenvalue weighted by Crippen LogP contribution is 2.19. The zero-order valence-electron chi connectivity index (χ0n) is 8.60. The highest BCUT2D eigenvalue weighted by molar-refractivity contribution is 5.29. The lowest BCUT2D eigenvalue weighted by atomic mass is 10.1. The molecule has 0 amide bonds. The fourth-order valence-corrected chi connectivity index (χ4v) is 1.25. The Labute approximate surface area is 84.9 Å². The van der Waals surface area contributed by atoms with Crippen LogP contribution in [0.15, 0.2) is 24.3 Å². The van der Waals surface area contributed by atoms with Gasteiger partial charge in [-0.05, 0) is 24.7 Å². The van der Waals surface area contributed by atoms with E-state index in [1.54, 1.807) is 12.0 Å². The summed E-state index contributed by atoms with van der Waals surface area (Å²) in [5, 5.41) is 9.77. The second-order valence-electron chi connectivity index (χ2n) is 3.33. The molecule has 77 valence electrons. The smallest absolute Gasteiger partial charge is 0.119 e. The molecule has 1 aromatic carbocycles. The van der Waals surface area contributed by atoms with Gasteiger partial charge in [0.25, 0.3) is 0 Å². The van der Waals surface area contributed by atoms with E-state index in [1.807, 2.05) is 31.3 Å². The summed E-state index contributed by atoms with van der Waals surface area (Å²) in [4.78, 5) is 1.70. The molecule has 1 aromatic rings. The minimum absolute atomic E-state index is 0.507. The van der Waals surface area contributed by atoms with Crippen LogP contribution in [0.4, 0.5) is 0 Å². The van der Waals surface area contributed by atoms with Crippen LogP contribution in [0.25, 0.3) is 0 Å². The third-order valence-electron chi connectivity index (χ3n) is 1.96. The summed E-state index contributed by atoms with van der Waals surface area (Å²) in [6.45, 7) is 0.507. The first kappa shape index (κ1) is 11.0. The molecule has 0 aliphatic heterocycles. The molecule has 0 spiro atoms. The molecule has 0 aromatic heterocycles. The average Bonchev–Trinajstić information content (AvgIpc) is 2.17. The number of rotatable bonds is 4. The van der Waals surface area contributed by atoms with Gasteiger partial charge < -0.3 is 14.7 Å². The molecular weight excluding hydrogens is 178 g/mol. The van der Waals surface area contributed by atoms with Crippen LogP contribution >= 0.6 is 0 Å². The Balaban J connectivity index is 2.73. The predicted molar refractivity (Wildman–Crippen MR) is 55.9 cm³/mol. The monoisotopic (exact) mass is 194 g/mol. The van der Waals surface area contributed by atoms with Crippen molar-refractivity contribution < 1.29 is 9.84 Å². The van der Waals surface area contributed by atoms with Gasteiger partial charge in [-0.25, -0.2) is 0 Å². The van der Waals surface area contributed by atoms with E-state index in [1.165, 1.54) is 0 Å². The molecule has 0 saturated heterocycles. The van der Waals surface area contributed by atoms with Gasteiger partial charge in [0.15, 0.2) is 0 Å². The largest absolute Gasteiger partial charge is 0.497 e. The lowest BCUT2D eigenvalue weighted by Crippen LogP contribution is -2.18. The molecule has 0 aliphatic rings. The van der Waals surface area contributed by atoms with Crippen LogP contribution in [0, 0.1) is 7.05 Å². The highest BCUT2D eigenvalue weighted by Gasteiger charge is 2.08. The van der Waals surface area contributed by atoms with E-state index < -0.39 is 6.10 Å². The van der Waals surface area contributed by atoms with Crippen molar-refractivity contribution in [2.24, 2.45) is 0 Å². The Morgan fingerprint density at radius 3 is 2.86 bits per heavy atom. The maximum atomic E-state index is 9.77. The van der Waals surface area contributed by atoms with Crippen molar-refractivity contribution in [2.75, 3.05) is 20.7 Å². The molecule has 1 rings (SSSR count). The Morgan fingerprint density at radius 2 is 2.29 bits per heavy atom. The first-order valence-electron chi connectivity index (χ1n) is 4.47. The molecule has 0 fully saturated rings. The third kappa shape index (κ3) is 3.01. The van der Waals surface area contributed by atoms with E-state index >= 15 is 0 Å². The maximum Gasteiger partial charge on any atom is 0.119 e. The zero-order valence-corrected chi connectivity index (χ0v) is 8.60. The van der Waals surface area contributed by atoms with Gasteiger partial charge in [-0.3, -0.25) is 0 Å². The van der Waals surface area contributed by atoms with Crippen LogP contribution in [-0.2, 0) is 0 Å². The Morgan fingerprint density at radius 1 is 1.57 bits per heavy atom. The first-order chi connectivity index (χ1) is 6.63. The SMILES string of the molecule is [CH2]N(C)CC(O)c1cccc(OC)c1. The Kier molecular flexibility index (Phi) is 3.92. The van der Waals surface area contributed by atoms with Crippen LogP contribution in [0.1, 0.15) is 11.7 Å². The number of aliphatic hydroxyl groups excluding tert-OH is 1. The van der Waals surface area contributed by atoms with Crippen LogP contribution in [0.5, 0.6) is 5.75 Å². The summed E-state index contributed by atoms with van der Waals surface area (Å²) >= 11 is 0. The topological polar surface area (TPSA) is 32.7 Å². The number of hydrogen-bond acceptors (Lipinski definition) is 3. The lowest BCUT2D eigenvalue weighted by Gasteiger charge is -2.16. The average molecular weight is 194 g/mol. The molecule has 1 N–H and O–H groups in total. The van der Waals surface area contributed by atoms with E-state index in [0.29, 0.717) is 6.54 Å². The van der Waals surface area contributed by atoms with Crippen LogP contribution in [0.3, 0.4) is 0 Å². The summed E-state index contributed by atoms with van der Waals surface area (Å²) in [5.41, 5.74) is 0.847. The molecule has 3 heteroatoms. The van der Waals surface area contributed by atoms with Crippen molar-refractivity contribution in [2.45, 2.75) is 6.10 Å². The molecule has 0 saturated carbocycles. The predicted octanol–water partition coefficient (Wildman–Crippen LogP) is 1.45. The van der Waals surface area contributed by atoms with Gasteiger partial charge in [0.05, 0.1) is 13.2 Å². The molecule has 1 unspecified atom stereocenters. The van der Waals surface area contributed by atoms with Gasteiger partial charge >= 0.3 is 0 Å². The van der Waals surface area contributed by atoms with E-state index in [0.717, 1.165) is 11.3 Å². The number of nitrogens with zero attached hydrogens (tertiary/aromatic N) is 1. The number of ether oxygens (including phenoxy) is 1. The van der Waals surface area contributed by atoms with Gasteiger partial charge in [0, 0.05) is 13.6 Å². The third-order valence-corrected chi connectivity index (χ3v) is 1.96. The lowest BCUT2D eigenvalue weighted by molar-refractivity contribution is 0.144. The fourth-order valence-electron chi connectivity index (χ4n) is 1.25. The molecule has 0 aliphatic carbocycles. The van der Waals surface area contributed by atoms with E-state index in [-0.39, 0.29) is 0 Å². The van der Waals surface area contributed by atoms with Gasteiger partial charge in [-0.1, -0.05) is 12.1 Å². The molecule has 3 nitrogen and oxygen atoms in total. The normalized spacial score (nSPS) is 12.9. The summed E-state index contributed by atoms with van der Waals surface area (Å²) in [6.07, 6.45) is -0.521. The van der Waals surface area contributed by atoms with Crippen LogP contribution in [0.2, 0.25) is 0 Å². The second kappa shape index (κ2) is 4.98. The van der Waals surface area contributed by atoms with Crippen molar-refractivity contribution >= 4 is 0 Å². The van der Waals surface area contributed by atoms with Gasteiger partial charge in [0.2, 0.25) is 0 Å². The Hall–Kier alpha value is -1.06. The minimum Gasteiger partial charge on any atom is -0.497 e. The molecular formula is C11H16NO2. The van der Waals surface area contributed by atoms with E-state index in [2.05, 4.69) is 7.05 Å². The molecule has 0 bridgehead atoms. The van der Waals surface area contributed by atoms with Crippen molar-refractivity contribution in [1.82, 2.24) is 4.90 Å². The fraction of sp³-hybridized carbons (Fsp3) is 0.364. The van der Waals surface area contributed by atoms with E-state index in [9.17, 15) is 5.11 Å². The number of methoxy groups -OCH3 is 1. The minimum atomic E-state index is -0.521. The quantitative estimate of drug-likeness (QED) is 0.787. The van der Waals surface area contributed by atoms with Gasteiger partial charge in [-0.2, -0.15) is 0 Å². The van der Waals surface area contributed by atoms with E-state index in [4.69, 9.17) is 4.74 Å². The maximum absolute atomic E-state index is 9.77. The standard InChI is InChI=1S/C11H16NO2/c1-12(2)8-11(13)9-5-4-6-10(7-9)14-3/h4-7,11,13H,1,8H2,2-3H3. The van der Waals surface area contributed by atoms with Crippen molar-refractivity contribution in [1.29, 1.82) is 0 Å². The summed E-state index contributed by atoms with van der Waals surface area (Å²) in [6, 6.07) is 7.41. The van der Waals surface area contributed by atoms with Gasteiger partial charge in [0.1, 0.15) is 5.75 Å². The highest BCUT2D eigenvalue weighted by atomic mass is 16.5. The molecule has 14 heavy (non-hydrogen) atoms. The molecule has 0 heterocycles. The molecule has 1 radical (unpaired) electrons. The number of aliphatic hydroxyl groups is 1. The first-order valence-corrected chi connectivity index (χ1v) is 4.47. The number of hydrogen-bond donors (Lipinski definition) is 1. The zero-order chi connectivity index (χ0) is 10.6. The number of likely N-dealkylation sites (N-methyl/N-ethyl adjacent to an activating group) is 1. The van der Waals surface area contributed by atoms with Crippen LogP contribution < -0.4 is 4.74 Å². The second-order valence-corrected chi connectivity index (χ2v) is 3.33. The Bertz CT molecular complexity index is 286. The summed E-state index contributed by atoms with van der Waals surface area (Å²) in [7, 11) is 7.12.